The monoisotopic (exact) mass is 257 g/mol. The van der Waals surface area contributed by atoms with Crippen LogP contribution in [0, 0.1) is 0 Å². The molecule has 0 aliphatic heterocycles. The molecule has 3 N–H and O–H groups in total. The van der Waals surface area contributed by atoms with Gasteiger partial charge in [-0.1, -0.05) is 20.8 Å². The zero-order valence-electron chi connectivity index (χ0n) is 11.8. The van der Waals surface area contributed by atoms with Crippen molar-refractivity contribution in [2.75, 3.05) is 19.6 Å². The van der Waals surface area contributed by atoms with Crippen LogP contribution >= 0.6 is 0 Å². The molecule has 0 spiro atoms. The van der Waals surface area contributed by atoms with Crippen LogP contribution in [0.4, 0.5) is 0 Å². The highest BCUT2D eigenvalue weighted by molar-refractivity contribution is 5.78. The molecule has 0 unspecified atom stereocenters. The highest BCUT2D eigenvalue weighted by Gasteiger charge is 2.07. The zero-order chi connectivity index (χ0) is 13.8. The molecular formula is C13H27N3O2. The molecule has 0 aromatic heterocycles. The summed E-state index contributed by atoms with van der Waals surface area (Å²) in [5.74, 6) is 0.0300. The van der Waals surface area contributed by atoms with Crippen molar-refractivity contribution in [1.29, 1.82) is 0 Å². The van der Waals surface area contributed by atoms with Gasteiger partial charge in [0, 0.05) is 25.6 Å². The van der Waals surface area contributed by atoms with E-state index in [0.717, 1.165) is 19.3 Å². The Labute approximate surface area is 110 Å². The number of hydrogen-bond donors (Lipinski definition) is 3. The fraction of sp³-hybridized carbons (Fsp3) is 0.846. The Bertz CT molecular complexity index is 240. The molecule has 106 valence electrons. The topological polar surface area (TPSA) is 70.2 Å². The first kappa shape index (κ1) is 16.9. The summed E-state index contributed by atoms with van der Waals surface area (Å²) in [6.45, 7) is 7.65. The van der Waals surface area contributed by atoms with Crippen molar-refractivity contribution >= 4 is 11.8 Å². The van der Waals surface area contributed by atoms with Crippen molar-refractivity contribution < 1.29 is 9.59 Å². The van der Waals surface area contributed by atoms with Crippen molar-refractivity contribution in [2.45, 2.75) is 52.5 Å². The molecule has 0 radical (unpaired) electrons. The maximum absolute atomic E-state index is 11.5. The Morgan fingerprint density at radius 3 is 2.22 bits per heavy atom. The van der Waals surface area contributed by atoms with E-state index < -0.39 is 0 Å². The number of hydrogen-bond acceptors (Lipinski definition) is 3. The van der Waals surface area contributed by atoms with Gasteiger partial charge in [-0.15, -0.1) is 0 Å². The lowest BCUT2D eigenvalue weighted by Gasteiger charge is -2.14. The minimum absolute atomic E-state index is 0.00216. The van der Waals surface area contributed by atoms with Crippen LogP contribution in [0.3, 0.4) is 0 Å². The molecule has 0 aromatic rings. The number of amides is 2. The van der Waals surface area contributed by atoms with Crippen molar-refractivity contribution in [3.05, 3.63) is 0 Å². The number of nitrogens with one attached hydrogen (secondary N) is 3. The SMILES string of the molecule is CCCNC(=O)CCNCC(=O)NC(CC)CC. The van der Waals surface area contributed by atoms with Crippen LogP contribution in [0.1, 0.15) is 46.5 Å². The Morgan fingerprint density at radius 1 is 1.00 bits per heavy atom. The first-order chi connectivity index (χ1) is 8.63. The zero-order valence-corrected chi connectivity index (χ0v) is 11.8. The van der Waals surface area contributed by atoms with Gasteiger partial charge in [-0.2, -0.15) is 0 Å². The Balaban J connectivity index is 3.53. The molecule has 0 heterocycles. The van der Waals surface area contributed by atoms with Gasteiger partial charge < -0.3 is 16.0 Å². The molecule has 0 atom stereocenters. The van der Waals surface area contributed by atoms with E-state index in [1.54, 1.807) is 0 Å². The van der Waals surface area contributed by atoms with E-state index in [2.05, 4.69) is 29.8 Å². The van der Waals surface area contributed by atoms with Gasteiger partial charge in [0.2, 0.25) is 11.8 Å². The second-order valence-electron chi connectivity index (χ2n) is 4.36. The van der Waals surface area contributed by atoms with Crippen LogP contribution in [0.15, 0.2) is 0 Å². The molecule has 5 heteroatoms. The fourth-order valence-electron chi connectivity index (χ4n) is 1.53. The van der Waals surface area contributed by atoms with Gasteiger partial charge in [-0.25, -0.2) is 0 Å². The quantitative estimate of drug-likeness (QED) is 0.507. The third-order valence-electron chi connectivity index (χ3n) is 2.74. The van der Waals surface area contributed by atoms with Crippen molar-refractivity contribution in [2.24, 2.45) is 0 Å². The van der Waals surface area contributed by atoms with E-state index in [0.29, 0.717) is 19.5 Å². The van der Waals surface area contributed by atoms with Gasteiger partial charge in [0.05, 0.1) is 6.54 Å². The Kier molecular flexibility index (Phi) is 10.3. The molecule has 0 aliphatic carbocycles. The van der Waals surface area contributed by atoms with Crippen LogP contribution in [-0.2, 0) is 9.59 Å². The molecule has 18 heavy (non-hydrogen) atoms. The van der Waals surface area contributed by atoms with E-state index in [1.807, 2.05) is 6.92 Å². The third-order valence-corrected chi connectivity index (χ3v) is 2.74. The average molecular weight is 257 g/mol. The van der Waals surface area contributed by atoms with E-state index in [9.17, 15) is 9.59 Å². The molecule has 0 aromatic carbocycles. The molecule has 0 bridgehead atoms. The summed E-state index contributed by atoms with van der Waals surface area (Å²) in [7, 11) is 0. The lowest BCUT2D eigenvalue weighted by molar-refractivity contribution is -0.122. The van der Waals surface area contributed by atoms with Crippen molar-refractivity contribution in [1.82, 2.24) is 16.0 Å². The lowest BCUT2D eigenvalue weighted by atomic mass is 10.2. The molecule has 0 saturated carbocycles. The van der Waals surface area contributed by atoms with Crippen molar-refractivity contribution in [3.8, 4) is 0 Å². The standard InChI is InChI=1S/C13H27N3O2/c1-4-8-15-12(17)7-9-14-10-13(18)16-11(5-2)6-3/h11,14H,4-10H2,1-3H3,(H,15,17)(H,16,18). The van der Waals surface area contributed by atoms with Crippen LogP contribution in [0.25, 0.3) is 0 Å². The smallest absolute Gasteiger partial charge is 0.234 e. The van der Waals surface area contributed by atoms with Gasteiger partial charge in [-0.05, 0) is 19.3 Å². The summed E-state index contributed by atoms with van der Waals surface area (Å²) >= 11 is 0. The third kappa shape index (κ3) is 8.98. The number of carbonyl (C=O) groups excluding carboxylic acids is 2. The molecular weight excluding hydrogens is 230 g/mol. The maximum Gasteiger partial charge on any atom is 0.234 e. The second kappa shape index (κ2) is 11.0. The summed E-state index contributed by atoms with van der Waals surface area (Å²) < 4.78 is 0. The maximum atomic E-state index is 11.5. The van der Waals surface area contributed by atoms with Crippen LogP contribution in [-0.4, -0.2) is 37.5 Å². The Morgan fingerprint density at radius 2 is 1.67 bits per heavy atom. The number of carbonyl (C=O) groups is 2. The van der Waals surface area contributed by atoms with Crippen LogP contribution in [0.5, 0.6) is 0 Å². The van der Waals surface area contributed by atoms with E-state index in [4.69, 9.17) is 0 Å². The van der Waals surface area contributed by atoms with Gasteiger partial charge in [0.1, 0.15) is 0 Å². The van der Waals surface area contributed by atoms with Crippen LogP contribution in [0.2, 0.25) is 0 Å². The highest BCUT2D eigenvalue weighted by atomic mass is 16.2. The molecule has 5 nitrogen and oxygen atoms in total. The minimum Gasteiger partial charge on any atom is -0.356 e. The van der Waals surface area contributed by atoms with Gasteiger partial charge in [-0.3, -0.25) is 9.59 Å². The van der Waals surface area contributed by atoms with E-state index in [1.165, 1.54) is 0 Å². The second-order valence-corrected chi connectivity index (χ2v) is 4.36. The highest BCUT2D eigenvalue weighted by Crippen LogP contribution is 1.94. The summed E-state index contributed by atoms with van der Waals surface area (Å²) in [6, 6.07) is 0.257. The van der Waals surface area contributed by atoms with Crippen molar-refractivity contribution in [3.63, 3.8) is 0 Å². The molecule has 2 amide bonds. The molecule has 0 fully saturated rings. The van der Waals surface area contributed by atoms with Gasteiger partial charge in [0.15, 0.2) is 0 Å². The summed E-state index contributed by atoms with van der Waals surface area (Å²) in [5, 5.41) is 8.70. The van der Waals surface area contributed by atoms with E-state index in [-0.39, 0.29) is 24.4 Å². The first-order valence-corrected chi connectivity index (χ1v) is 6.90. The predicted molar refractivity (Wildman–Crippen MR) is 73.3 cm³/mol. The van der Waals surface area contributed by atoms with E-state index >= 15 is 0 Å². The van der Waals surface area contributed by atoms with Crippen LogP contribution < -0.4 is 16.0 Å². The largest absolute Gasteiger partial charge is 0.356 e. The minimum atomic E-state index is -0.00216. The fourth-order valence-corrected chi connectivity index (χ4v) is 1.53. The molecule has 0 saturated heterocycles. The molecule has 0 rings (SSSR count). The van der Waals surface area contributed by atoms with Gasteiger partial charge in [0.25, 0.3) is 0 Å². The lowest BCUT2D eigenvalue weighted by Crippen LogP contribution is -2.40. The summed E-state index contributed by atoms with van der Waals surface area (Å²) in [6.07, 6.45) is 3.25. The molecule has 0 aliphatic rings. The van der Waals surface area contributed by atoms with Gasteiger partial charge >= 0.3 is 0 Å². The average Bonchev–Trinajstić information content (AvgIpc) is 2.38. The Hall–Kier alpha value is -1.10. The predicted octanol–water partition coefficient (Wildman–Crippen LogP) is 0.797. The summed E-state index contributed by atoms with van der Waals surface area (Å²) in [5.41, 5.74) is 0. The summed E-state index contributed by atoms with van der Waals surface area (Å²) in [4.78, 5) is 22.8. The normalized spacial score (nSPS) is 10.4. The number of rotatable bonds is 10. The first-order valence-electron chi connectivity index (χ1n) is 6.90.